The highest BCUT2D eigenvalue weighted by Crippen LogP contribution is 2.37. The van der Waals surface area contributed by atoms with Crippen LogP contribution >= 0.6 is 0 Å². The third-order valence-electron chi connectivity index (χ3n) is 5.77. The molecular formula is C17H28N2O2. The molecule has 2 aliphatic carbocycles. The first-order chi connectivity index (χ1) is 10.1. The van der Waals surface area contributed by atoms with Crippen LogP contribution in [0, 0.1) is 5.92 Å². The van der Waals surface area contributed by atoms with E-state index in [0.29, 0.717) is 6.04 Å². The maximum Gasteiger partial charge on any atom is 0.249 e. The molecule has 0 aromatic rings. The zero-order valence-corrected chi connectivity index (χ0v) is 13.2. The molecule has 0 unspecified atom stereocenters. The quantitative estimate of drug-likeness (QED) is 0.869. The van der Waals surface area contributed by atoms with Crippen molar-refractivity contribution in [1.29, 1.82) is 0 Å². The standard InChI is InChI=1S/C17H28N2O2/c1-2-5-13-6-8-14(9-7-13)19-12-15(20)18-17(16(19)21)10-3-4-11-17/h13-14H,2-12H2,1H3,(H,18,20). The van der Waals surface area contributed by atoms with Gasteiger partial charge >= 0.3 is 0 Å². The molecule has 4 heteroatoms. The van der Waals surface area contributed by atoms with E-state index in [9.17, 15) is 9.59 Å². The normalized spacial score (nSPS) is 32.5. The van der Waals surface area contributed by atoms with Crippen LogP contribution in [0.1, 0.15) is 71.1 Å². The molecule has 0 radical (unpaired) electrons. The molecule has 3 fully saturated rings. The van der Waals surface area contributed by atoms with E-state index in [1.807, 2.05) is 4.90 Å². The summed E-state index contributed by atoms with van der Waals surface area (Å²) >= 11 is 0. The van der Waals surface area contributed by atoms with E-state index in [4.69, 9.17) is 0 Å². The molecule has 3 aliphatic rings. The van der Waals surface area contributed by atoms with Crippen molar-refractivity contribution in [1.82, 2.24) is 10.2 Å². The number of nitrogens with one attached hydrogen (secondary N) is 1. The molecule has 4 nitrogen and oxygen atoms in total. The Kier molecular flexibility index (Phi) is 4.23. The van der Waals surface area contributed by atoms with Crippen LogP contribution in [0.3, 0.4) is 0 Å². The predicted octanol–water partition coefficient (Wildman–Crippen LogP) is 2.62. The molecule has 1 heterocycles. The Morgan fingerprint density at radius 1 is 1.14 bits per heavy atom. The first kappa shape index (κ1) is 14.9. The molecular weight excluding hydrogens is 264 g/mol. The van der Waals surface area contributed by atoms with Crippen molar-refractivity contribution >= 4 is 11.8 Å². The molecule has 2 saturated carbocycles. The Balaban J connectivity index is 1.67. The van der Waals surface area contributed by atoms with Gasteiger partial charge in [-0.15, -0.1) is 0 Å². The monoisotopic (exact) mass is 292 g/mol. The minimum Gasteiger partial charge on any atom is -0.340 e. The number of piperazine rings is 1. The van der Waals surface area contributed by atoms with E-state index in [-0.39, 0.29) is 18.4 Å². The lowest BCUT2D eigenvalue weighted by atomic mass is 9.81. The van der Waals surface area contributed by atoms with E-state index in [1.54, 1.807) is 0 Å². The summed E-state index contributed by atoms with van der Waals surface area (Å²) in [6, 6.07) is 0.300. The van der Waals surface area contributed by atoms with Crippen molar-refractivity contribution in [3.63, 3.8) is 0 Å². The Hall–Kier alpha value is -1.06. The molecule has 118 valence electrons. The molecule has 0 atom stereocenters. The van der Waals surface area contributed by atoms with Gasteiger partial charge < -0.3 is 10.2 Å². The average Bonchev–Trinajstić information content (AvgIpc) is 2.93. The Labute approximate surface area is 127 Å². The van der Waals surface area contributed by atoms with Crippen LogP contribution in [0.15, 0.2) is 0 Å². The van der Waals surface area contributed by atoms with E-state index in [2.05, 4.69) is 12.2 Å². The number of rotatable bonds is 3. The second-order valence-electron chi connectivity index (χ2n) is 7.23. The van der Waals surface area contributed by atoms with Gasteiger partial charge in [0.15, 0.2) is 0 Å². The highest BCUT2D eigenvalue weighted by molar-refractivity contribution is 5.98. The minimum absolute atomic E-state index is 0.0483. The summed E-state index contributed by atoms with van der Waals surface area (Å²) in [5, 5.41) is 3.01. The summed E-state index contributed by atoms with van der Waals surface area (Å²) < 4.78 is 0. The summed E-state index contributed by atoms with van der Waals surface area (Å²) in [4.78, 5) is 26.9. The summed E-state index contributed by atoms with van der Waals surface area (Å²) in [5.41, 5.74) is -0.546. The zero-order chi connectivity index (χ0) is 14.9. The van der Waals surface area contributed by atoms with Crippen LogP contribution in [-0.4, -0.2) is 34.8 Å². The molecule has 1 N–H and O–H groups in total. The third-order valence-corrected chi connectivity index (χ3v) is 5.77. The van der Waals surface area contributed by atoms with Crippen LogP contribution in [0.25, 0.3) is 0 Å². The number of hydrogen-bond donors (Lipinski definition) is 1. The average molecular weight is 292 g/mol. The molecule has 0 bridgehead atoms. The van der Waals surface area contributed by atoms with Crippen molar-refractivity contribution in [3.05, 3.63) is 0 Å². The van der Waals surface area contributed by atoms with Gasteiger partial charge in [0.05, 0.1) is 6.54 Å². The maximum atomic E-state index is 12.9. The Morgan fingerprint density at radius 2 is 1.81 bits per heavy atom. The fourth-order valence-electron chi connectivity index (χ4n) is 4.63. The lowest BCUT2D eigenvalue weighted by Crippen LogP contribution is -2.67. The van der Waals surface area contributed by atoms with Crippen molar-refractivity contribution in [2.75, 3.05) is 6.54 Å². The van der Waals surface area contributed by atoms with Crippen LogP contribution in [-0.2, 0) is 9.59 Å². The Morgan fingerprint density at radius 3 is 2.43 bits per heavy atom. The summed E-state index contributed by atoms with van der Waals surface area (Å²) in [7, 11) is 0. The van der Waals surface area contributed by atoms with Crippen molar-refractivity contribution in [3.8, 4) is 0 Å². The van der Waals surface area contributed by atoms with E-state index >= 15 is 0 Å². The smallest absolute Gasteiger partial charge is 0.249 e. The minimum atomic E-state index is -0.546. The molecule has 21 heavy (non-hydrogen) atoms. The van der Waals surface area contributed by atoms with Gasteiger partial charge in [0.1, 0.15) is 5.54 Å². The summed E-state index contributed by atoms with van der Waals surface area (Å²) in [6.07, 6.45) is 11.0. The van der Waals surface area contributed by atoms with E-state index < -0.39 is 5.54 Å². The van der Waals surface area contributed by atoms with Gasteiger partial charge in [-0.05, 0) is 44.4 Å². The van der Waals surface area contributed by atoms with Crippen molar-refractivity contribution in [2.45, 2.75) is 82.7 Å². The van der Waals surface area contributed by atoms with Gasteiger partial charge in [0, 0.05) is 6.04 Å². The van der Waals surface area contributed by atoms with Gasteiger partial charge in [-0.1, -0.05) is 32.6 Å². The number of nitrogens with zero attached hydrogens (tertiary/aromatic N) is 1. The fourth-order valence-corrected chi connectivity index (χ4v) is 4.63. The van der Waals surface area contributed by atoms with Gasteiger partial charge in [-0.25, -0.2) is 0 Å². The molecule has 0 aromatic carbocycles. The molecule has 2 amide bonds. The van der Waals surface area contributed by atoms with E-state index in [0.717, 1.165) is 44.4 Å². The molecule has 1 aliphatic heterocycles. The molecule has 3 rings (SSSR count). The summed E-state index contributed by atoms with van der Waals surface area (Å²) in [6.45, 7) is 2.53. The first-order valence-electron chi connectivity index (χ1n) is 8.77. The number of hydrogen-bond acceptors (Lipinski definition) is 2. The van der Waals surface area contributed by atoms with Crippen LogP contribution in [0.4, 0.5) is 0 Å². The van der Waals surface area contributed by atoms with Crippen molar-refractivity contribution < 1.29 is 9.59 Å². The van der Waals surface area contributed by atoms with E-state index in [1.165, 1.54) is 25.7 Å². The van der Waals surface area contributed by atoms with Gasteiger partial charge in [0.25, 0.3) is 0 Å². The molecule has 0 aromatic heterocycles. The SMILES string of the molecule is CCCC1CCC(N2CC(=O)NC3(CCCC3)C2=O)CC1. The zero-order valence-electron chi connectivity index (χ0n) is 13.2. The van der Waals surface area contributed by atoms with Crippen LogP contribution < -0.4 is 5.32 Å². The number of carbonyl (C=O) groups is 2. The lowest BCUT2D eigenvalue weighted by Gasteiger charge is -2.45. The van der Waals surface area contributed by atoms with Gasteiger partial charge in [-0.3, -0.25) is 9.59 Å². The highest BCUT2D eigenvalue weighted by atomic mass is 16.2. The first-order valence-corrected chi connectivity index (χ1v) is 8.77. The van der Waals surface area contributed by atoms with Crippen LogP contribution in [0.5, 0.6) is 0 Å². The topological polar surface area (TPSA) is 49.4 Å². The molecule has 1 saturated heterocycles. The van der Waals surface area contributed by atoms with Gasteiger partial charge in [-0.2, -0.15) is 0 Å². The van der Waals surface area contributed by atoms with Crippen molar-refractivity contribution in [2.24, 2.45) is 5.92 Å². The largest absolute Gasteiger partial charge is 0.340 e. The number of amides is 2. The maximum absolute atomic E-state index is 12.9. The third kappa shape index (κ3) is 2.82. The predicted molar refractivity (Wildman–Crippen MR) is 81.7 cm³/mol. The lowest BCUT2D eigenvalue weighted by molar-refractivity contribution is -0.153. The molecule has 1 spiro atoms. The fraction of sp³-hybridized carbons (Fsp3) is 0.882. The van der Waals surface area contributed by atoms with Gasteiger partial charge in [0.2, 0.25) is 11.8 Å². The second-order valence-corrected chi connectivity index (χ2v) is 7.23. The van der Waals surface area contributed by atoms with Crippen LogP contribution in [0.2, 0.25) is 0 Å². The number of carbonyl (C=O) groups excluding carboxylic acids is 2. The Bertz CT molecular complexity index is 407. The highest BCUT2D eigenvalue weighted by Gasteiger charge is 2.49. The second kappa shape index (κ2) is 5.98. The summed E-state index contributed by atoms with van der Waals surface area (Å²) in [5.74, 6) is 1.09.